The van der Waals surface area contributed by atoms with Crippen LogP contribution in [0.1, 0.15) is 10.7 Å². The van der Waals surface area contributed by atoms with E-state index in [2.05, 4.69) is 15.6 Å². The Bertz CT molecular complexity index is 600. The van der Waals surface area contributed by atoms with Gasteiger partial charge >= 0.3 is 6.03 Å². The van der Waals surface area contributed by atoms with E-state index in [9.17, 15) is 4.79 Å². The third-order valence-electron chi connectivity index (χ3n) is 2.25. The zero-order chi connectivity index (χ0) is 13.8. The first-order valence-corrected chi connectivity index (χ1v) is 7.09. The molecule has 0 unspecified atom stereocenters. The van der Waals surface area contributed by atoms with Crippen LogP contribution >= 0.6 is 34.5 Å². The highest BCUT2D eigenvalue weighted by atomic mass is 35.5. The zero-order valence-corrected chi connectivity index (χ0v) is 12.4. The van der Waals surface area contributed by atoms with Crippen molar-refractivity contribution in [3.8, 4) is 0 Å². The number of rotatable bonds is 3. The molecule has 0 radical (unpaired) electrons. The monoisotopic (exact) mass is 315 g/mol. The summed E-state index contributed by atoms with van der Waals surface area (Å²) in [4.78, 5) is 15.9. The first kappa shape index (κ1) is 14.1. The number of carbonyl (C=O) groups excluding carboxylic acids is 1. The summed E-state index contributed by atoms with van der Waals surface area (Å²) in [7, 11) is 0. The quantitative estimate of drug-likeness (QED) is 0.896. The van der Waals surface area contributed by atoms with Gasteiger partial charge < -0.3 is 10.6 Å². The van der Waals surface area contributed by atoms with Crippen LogP contribution in [0.15, 0.2) is 23.6 Å². The second-order valence-electron chi connectivity index (χ2n) is 3.81. The highest BCUT2D eigenvalue weighted by Gasteiger charge is 2.07. The van der Waals surface area contributed by atoms with Crippen LogP contribution in [0.3, 0.4) is 0 Å². The van der Waals surface area contributed by atoms with Crippen LogP contribution in [0.25, 0.3) is 0 Å². The highest BCUT2D eigenvalue weighted by Crippen LogP contribution is 2.25. The minimum Gasteiger partial charge on any atom is -0.331 e. The van der Waals surface area contributed by atoms with Gasteiger partial charge in [0, 0.05) is 16.1 Å². The number of aromatic nitrogens is 1. The molecule has 0 fully saturated rings. The Morgan fingerprint density at radius 1 is 1.42 bits per heavy atom. The number of urea groups is 1. The SMILES string of the molecule is Cc1csc(CNC(=O)Nc2ccc(Cl)cc2Cl)n1. The predicted octanol–water partition coefficient (Wildman–Crippen LogP) is 4.08. The number of anilines is 1. The fourth-order valence-electron chi connectivity index (χ4n) is 1.40. The first-order chi connectivity index (χ1) is 9.04. The molecule has 0 spiro atoms. The summed E-state index contributed by atoms with van der Waals surface area (Å²) in [5.74, 6) is 0. The molecule has 4 nitrogen and oxygen atoms in total. The third-order valence-corrected chi connectivity index (χ3v) is 3.76. The predicted molar refractivity (Wildman–Crippen MR) is 79.2 cm³/mol. The molecular formula is C12H11Cl2N3OS. The van der Waals surface area contributed by atoms with Gasteiger partial charge in [0.05, 0.1) is 17.3 Å². The summed E-state index contributed by atoms with van der Waals surface area (Å²) in [6.45, 7) is 2.29. The van der Waals surface area contributed by atoms with Gasteiger partial charge in [0.15, 0.2) is 0 Å². The Kier molecular flexibility index (Phi) is 4.63. The maximum atomic E-state index is 11.7. The van der Waals surface area contributed by atoms with Crippen LogP contribution in [-0.2, 0) is 6.54 Å². The van der Waals surface area contributed by atoms with E-state index in [1.54, 1.807) is 18.2 Å². The van der Waals surface area contributed by atoms with Crippen molar-refractivity contribution in [1.29, 1.82) is 0 Å². The molecule has 7 heteroatoms. The summed E-state index contributed by atoms with van der Waals surface area (Å²) in [6, 6.07) is 4.55. The Labute approximate surface area is 124 Å². The molecule has 0 saturated carbocycles. The van der Waals surface area contributed by atoms with Crippen LogP contribution in [0.2, 0.25) is 10.0 Å². The van der Waals surface area contributed by atoms with Crippen LogP contribution < -0.4 is 10.6 Å². The van der Waals surface area contributed by atoms with E-state index in [0.717, 1.165) is 10.7 Å². The Hall–Kier alpha value is -1.30. The molecule has 2 rings (SSSR count). The zero-order valence-electron chi connectivity index (χ0n) is 10.0. The van der Waals surface area contributed by atoms with Gasteiger partial charge in [-0.3, -0.25) is 0 Å². The highest BCUT2D eigenvalue weighted by molar-refractivity contribution is 7.09. The molecule has 0 saturated heterocycles. The average Bonchev–Trinajstić information content (AvgIpc) is 2.76. The number of hydrogen-bond donors (Lipinski definition) is 2. The summed E-state index contributed by atoms with van der Waals surface area (Å²) >= 11 is 13.2. The Morgan fingerprint density at radius 3 is 2.84 bits per heavy atom. The van der Waals surface area contributed by atoms with Crippen molar-refractivity contribution in [1.82, 2.24) is 10.3 Å². The molecule has 1 aromatic heterocycles. The molecule has 19 heavy (non-hydrogen) atoms. The molecule has 1 aromatic carbocycles. The number of nitrogens with zero attached hydrogens (tertiary/aromatic N) is 1. The van der Waals surface area contributed by atoms with Gasteiger partial charge in [-0.25, -0.2) is 9.78 Å². The number of amides is 2. The largest absolute Gasteiger partial charge is 0.331 e. The van der Waals surface area contributed by atoms with Gasteiger partial charge in [0.1, 0.15) is 5.01 Å². The molecule has 0 aliphatic heterocycles. The molecule has 0 bridgehead atoms. The Morgan fingerprint density at radius 2 is 2.21 bits per heavy atom. The van der Waals surface area contributed by atoms with E-state index < -0.39 is 0 Å². The number of benzene rings is 1. The van der Waals surface area contributed by atoms with Crippen molar-refractivity contribution in [2.24, 2.45) is 0 Å². The van der Waals surface area contributed by atoms with Crippen molar-refractivity contribution in [2.75, 3.05) is 5.32 Å². The molecule has 100 valence electrons. The van der Waals surface area contributed by atoms with Gasteiger partial charge in [-0.05, 0) is 25.1 Å². The van der Waals surface area contributed by atoms with E-state index in [-0.39, 0.29) is 6.03 Å². The van der Waals surface area contributed by atoms with Gasteiger partial charge in [0.2, 0.25) is 0 Å². The second kappa shape index (κ2) is 6.23. The van der Waals surface area contributed by atoms with Crippen molar-refractivity contribution in [3.05, 3.63) is 44.3 Å². The van der Waals surface area contributed by atoms with Gasteiger partial charge in [-0.1, -0.05) is 23.2 Å². The van der Waals surface area contributed by atoms with Crippen LogP contribution in [0, 0.1) is 6.92 Å². The number of hydrogen-bond acceptors (Lipinski definition) is 3. The number of carbonyl (C=O) groups is 1. The minimum absolute atomic E-state index is 0.336. The van der Waals surface area contributed by atoms with Crippen molar-refractivity contribution < 1.29 is 4.79 Å². The molecule has 0 aliphatic rings. The molecule has 1 heterocycles. The third kappa shape index (κ3) is 4.09. The molecule has 2 amide bonds. The maximum Gasteiger partial charge on any atom is 0.319 e. The van der Waals surface area contributed by atoms with Gasteiger partial charge in [0.25, 0.3) is 0 Å². The number of nitrogens with one attached hydrogen (secondary N) is 2. The lowest BCUT2D eigenvalue weighted by atomic mass is 10.3. The van der Waals surface area contributed by atoms with Gasteiger partial charge in [-0.15, -0.1) is 11.3 Å². The van der Waals surface area contributed by atoms with Crippen LogP contribution in [0.5, 0.6) is 0 Å². The smallest absolute Gasteiger partial charge is 0.319 e. The molecule has 2 N–H and O–H groups in total. The lowest BCUT2D eigenvalue weighted by Crippen LogP contribution is -2.28. The maximum absolute atomic E-state index is 11.7. The number of aryl methyl sites for hydroxylation is 1. The van der Waals surface area contributed by atoms with Crippen molar-refractivity contribution >= 4 is 46.3 Å². The summed E-state index contributed by atoms with van der Waals surface area (Å²) in [5.41, 5.74) is 1.46. The van der Waals surface area contributed by atoms with E-state index in [4.69, 9.17) is 23.2 Å². The molecule has 2 aromatic rings. The Balaban J connectivity index is 1.90. The first-order valence-electron chi connectivity index (χ1n) is 5.45. The van der Waals surface area contributed by atoms with Crippen LogP contribution in [-0.4, -0.2) is 11.0 Å². The summed E-state index contributed by atoms with van der Waals surface area (Å²) in [6.07, 6.45) is 0. The van der Waals surface area contributed by atoms with E-state index in [1.165, 1.54) is 11.3 Å². The van der Waals surface area contributed by atoms with E-state index in [0.29, 0.717) is 22.3 Å². The number of halogens is 2. The van der Waals surface area contributed by atoms with E-state index >= 15 is 0 Å². The standard InChI is InChI=1S/C12H11Cl2N3OS/c1-7-6-19-11(16-7)5-15-12(18)17-10-3-2-8(13)4-9(10)14/h2-4,6H,5H2,1H3,(H2,15,17,18). The summed E-state index contributed by atoms with van der Waals surface area (Å²) in [5, 5.41) is 9.07. The number of thiazole rings is 1. The second-order valence-corrected chi connectivity index (χ2v) is 5.60. The van der Waals surface area contributed by atoms with Crippen LogP contribution in [0.4, 0.5) is 10.5 Å². The van der Waals surface area contributed by atoms with Crippen molar-refractivity contribution in [3.63, 3.8) is 0 Å². The molecule has 0 aliphatic carbocycles. The average molecular weight is 316 g/mol. The lowest BCUT2D eigenvalue weighted by molar-refractivity contribution is 0.251. The lowest BCUT2D eigenvalue weighted by Gasteiger charge is -2.08. The van der Waals surface area contributed by atoms with Gasteiger partial charge in [-0.2, -0.15) is 0 Å². The molecule has 0 atom stereocenters. The van der Waals surface area contributed by atoms with Crippen molar-refractivity contribution in [2.45, 2.75) is 13.5 Å². The molecular weight excluding hydrogens is 305 g/mol. The summed E-state index contributed by atoms with van der Waals surface area (Å²) < 4.78 is 0. The topological polar surface area (TPSA) is 54.0 Å². The minimum atomic E-state index is -0.336. The normalized spacial score (nSPS) is 10.3. The fraction of sp³-hybridized carbons (Fsp3) is 0.167. The fourth-order valence-corrected chi connectivity index (χ4v) is 2.56. The van der Waals surface area contributed by atoms with E-state index in [1.807, 2.05) is 12.3 Å².